The highest BCUT2D eigenvalue weighted by atomic mass is 16.6. The molecule has 0 aliphatic carbocycles. The minimum absolute atomic E-state index is 0.0730. The number of unbranched alkanes of at least 4 members (excludes halogenated alkanes) is 13. The average molecular weight is 607 g/mol. The highest BCUT2D eigenvalue weighted by Gasteiger charge is 2.44. The number of carbonyl (C=O) groups excluding carboxylic acids is 1. The lowest BCUT2D eigenvalue weighted by atomic mass is 9.73. The van der Waals surface area contributed by atoms with Gasteiger partial charge in [0.25, 0.3) is 0 Å². The summed E-state index contributed by atoms with van der Waals surface area (Å²) in [6.45, 7) is 0.678. The number of esters is 1. The molecule has 0 fully saturated rings. The first-order valence-corrected chi connectivity index (χ1v) is 15.4. The molecule has 42 heavy (non-hydrogen) atoms. The third kappa shape index (κ3) is 17.0. The number of rotatable bonds is 28. The van der Waals surface area contributed by atoms with E-state index in [1.165, 1.54) is 51.4 Å². The summed E-state index contributed by atoms with van der Waals surface area (Å²) in [7, 11) is 0. The quantitative estimate of drug-likeness (QED) is 0.0501. The Kier molecular flexibility index (Phi) is 21.1. The van der Waals surface area contributed by atoms with Gasteiger partial charge in [-0.1, -0.05) is 96.8 Å². The van der Waals surface area contributed by atoms with Crippen molar-refractivity contribution >= 4 is 23.9 Å². The number of carboxylic acid groups (broad SMARTS) is 3. The molecule has 4 unspecified atom stereocenters. The first kappa shape index (κ1) is 39.7. The molecule has 0 aromatic heterocycles. The van der Waals surface area contributed by atoms with Crippen LogP contribution in [0.4, 0.5) is 0 Å². The van der Waals surface area contributed by atoms with Crippen molar-refractivity contribution in [2.75, 3.05) is 13.2 Å². The zero-order valence-corrected chi connectivity index (χ0v) is 25.2. The molecule has 7 N–H and O–H groups in total. The molecular weight excluding hydrogens is 552 g/mol. The molecule has 12 nitrogen and oxygen atoms in total. The Labute approximate surface area is 249 Å². The number of aliphatic hydroxyl groups is 4. The molecule has 0 spiro atoms. The van der Waals surface area contributed by atoms with Crippen LogP contribution in [0.25, 0.3) is 0 Å². The van der Waals surface area contributed by atoms with Crippen molar-refractivity contribution in [2.45, 2.75) is 147 Å². The normalized spacial score (nSPS) is 15.7. The molecule has 4 atom stereocenters. The van der Waals surface area contributed by atoms with Crippen LogP contribution in [-0.2, 0) is 23.9 Å². The van der Waals surface area contributed by atoms with Crippen LogP contribution in [0.15, 0.2) is 0 Å². The van der Waals surface area contributed by atoms with Gasteiger partial charge in [0.2, 0.25) is 0 Å². The monoisotopic (exact) mass is 606 g/mol. The van der Waals surface area contributed by atoms with Gasteiger partial charge < -0.3 is 40.5 Å². The Morgan fingerprint density at radius 2 is 1.14 bits per heavy atom. The number of aliphatic carboxylic acids is 3. The lowest BCUT2D eigenvalue weighted by Gasteiger charge is -2.34. The van der Waals surface area contributed by atoms with E-state index < -0.39 is 79.6 Å². The summed E-state index contributed by atoms with van der Waals surface area (Å²) in [6, 6.07) is 0. The minimum atomic E-state index is -2.95. The lowest BCUT2D eigenvalue weighted by Crippen LogP contribution is -2.45. The van der Waals surface area contributed by atoms with Crippen LogP contribution < -0.4 is 0 Å². The van der Waals surface area contributed by atoms with Crippen LogP contribution in [-0.4, -0.2) is 90.6 Å². The standard InChI is InChI=1S/C30H54O12/c1-2-3-4-5-6-7-8-9-10-11-12-13-14-15-16-29(27(37)38,17-23(33)21-31)18-24(22-32)42-26(36)20-30(41,28(39)40)19-25(34)35/h23-24,31-33,41H,2-22H2,1H3,(H,34,35)(H,37,38)(H,39,40). The molecule has 0 aromatic carbocycles. The Morgan fingerprint density at radius 3 is 1.52 bits per heavy atom. The SMILES string of the molecule is CCCCCCCCCCCCCCCCC(CC(O)CO)(CC(CO)OC(=O)CC(O)(CC(=O)O)C(=O)O)C(=O)O. The molecule has 0 amide bonds. The predicted molar refractivity (Wildman–Crippen MR) is 154 cm³/mol. The molecular formula is C30H54O12. The number of aliphatic hydroxyl groups excluding tert-OH is 3. The molecule has 0 saturated carbocycles. The molecule has 246 valence electrons. The van der Waals surface area contributed by atoms with E-state index in [9.17, 15) is 44.7 Å². The second kappa shape index (κ2) is 22.3. The van der Waals surface area contributed by atoms with Gasteiger partial charge in [0.05, 0.1) is 37.6 Å². The molecule has 0 aliphatic rings. The first-order valence-electron chi connectivity index (χ1n) is 15.4. The summed E-state index contributed by atoms with van der Waals surface area (Å²) in [4.78, 5) is 47.0. The van der Waals surface area contributed by atoms with E-state index in [-0.39, 0.29) is 12.8 Å². The van der Waals surface area contributed by atoms with E-state index in [2.05, 4.69) is 6.92 Å². The first-order chi connectivity index (χ1) is 19.9. The van der Waals surface area contributed by atoms with E-state index in [0.29, 0.717) is 6.42 Å². The zero-order valence-electron chi connectivity index (χ0n) is 25.2. The summed E-state index contributed by atoms with van der Waals surface area (Å²) in [5.41, 5.74) is -4.62. The largest absolute Gasteiger partial charge is 0.481 e. The van der Waals surface area contributed by atoms with E-state index >= 15 is 0 Å². The third-order valence-corrected chi connectivity index (χ3v) is 7.70. The highest BCUT2D eigenvalue weighted by molar-refractivity contribution is 5.88. The topological polar surface area (TPSA) is 219 Å². The summed E-state index contributed by atoms with van der Waals surface area (Å²) in [5.74, 6) is -6.26. The van der Waals surface area contributed by atoms with Gasteiger partial charge >= 0.3 is 23.9 Å². The van der Waals surface area contributed by atoms with Gasteiger partial charge in [-0.05, 0) is 12.8 Å². The van der Waals surface area contributed by atoms with Crippen molar-refractivity contribution in [3.63, 3.8) is 0 Å². The number of carbonyl (C=O) groups is 4. The van der Waals surface area contributed by atoms with Gasteiger partial charge in [-0.2, -0.15) is 0 Å². The Balaban J connectivity index is 4.94. The van der Waals surface area contributed by atoms with Gasteiger partial charge in [-0.3, -0.25) is 14.4 Å². The number of hydrogen-bond donors (Lipinski definition) is 7. The van der Waals surface area contributed by atoms with Gasteiger partial charge in [0.1, 0.15) is 6.10 Å². The second-order valence-electron chi connectivity index (χ2n) is 11.6. The molecule has 0 heterocycles. The van der Waals surface area contributed by atoms with Crippen LogP contribution in [0.2, 0.25) is 0 Å². The summed E-state index contributed by atoms with van der Waals surface area (Å²) in [6.07, 6.45) is 9.49. The zero-order chi connectivity index (χ0) is 32.0. The van der Waals surface area contributed by atoms with Crippen molar-refractivity contribution < 1.29 is 59.7 Å². The van der Waals surface area contributed by atoms with Crippen molar-refractivity contribution in [1.29, 1.82) is 0 Å². The van der Waals surface area contributed by atoms with E-state index in [1.807, 2.05) is 0 Å². The summed E-state index contributed by atoms with van der Waals surface area (Å²) < 4.78 is 5.06. The minimum Gasteiger partial charge on any atom is -0.481 e. The smallest absolute Gasteiger partial charge is 0.336 e. The fourth-order valence-corrected chi connectivity index (χ4v) is 5.25. The fourth-order valence-electron chi connectivity index (χ4n) is 5.25. The van der Waals surface area contributed by atoms with Crippen LogP contribution in [0, 0.1) is 5.41 Å². The van der Waals surface area contributed by atoms with Crippen LogP contribution in [0.3, 0.4) is 0 Å². The molecule has 0 radical (unpaired) electrons. The Bertz CT molecular complexity index is 788. The van der Waals surface area contributed by atoms with E-state index in [1.54, 1.807) is 0 Å². The lowest BCUT2D eigenvalue weighted by molar-refractivity contribution is -0.176. The van der Waals surface area contributed by atoms with Crippen molar-refractivity contribution in [2.24, 2.45) is 5.41 Å². The van der Waals surface area contributed by atoms with Crippen LogP contribution in [0.1, 0.15) is 129 Å². The van der Waals surface area contributed by atoms with Crippen LogP contribution >= 0.6 is 0 Å². The van der Waals surface area contributed by atoms with E-state index in [4.69, 9.17) is 14.9 Å². The van der Waals surface area contributed by atoms with Crippen molar-refractivity contribution in [1.82, 2.24) is 0 Å². The predicted octanol–water partition coefficient (Wildman–Crippen LogP) is 3.65. The number of carboxylic acids is 3. The fraction of sp³-hybridized carbons (Fsp3) is 0.867. The third-order valence-electron chi connectivity index (χ3n) is 7.70. The van der Waals surface area contributed by atoms with Gasteiger partial charge in [0, 0.05) is 6.42 Å². The maximum absolute atomic E-state index is 12.4. The van der Waals surface area contributed by atoms with Crippen molar-refractivity contribution in [3.8, 4) is 0 Å². The summed E-state index contributed by atoms with van der Waals surface area (Å²) in [5, 5.41) is 67.5. The Morgan fingerprint density at radius 1 is 0.667 bits per heavy atom. The summed E-state index contributed by atoms with van der Waals surface area (Å²) >= 11 is 0. The second-order valence-corrected chi connectivity index (χ2v) is 11.6. The maximum atomic E-state index is 12.4. The maximum Gasteiger partial charge on any atom is 0.336 e. The van der Waals surface area contributed by atoms with Gasteiger partial charge in [0.15, 0.2) is 5.60 Å². The molecule has 0 saturated heterocycles. The Hall–Kier alpha value is -2.28. The molecule has 0 aliphatic heterocycles. The van der Waals surface area contributed by atoms with E-state index in [0.717, 1.165) is 32.1 Å². The highest BCUT2D eigenvalue weighted by Crippen LogP contribution is 2.37. The molecule has 0 bridgehead atoms. The number of ether oxygens (including phenoxy) is 1. The molecule has 0 rings (SSSR count). The molecule has 0 aromatic rings. The van der Waals surface area contributed by atoms with Crippen molar-refractivity contribution in [3.05, 3.63) is 0 Å². The van der Waals surface area contributed by atoms with Gasteiger partial charge in [-0.25, -0.2) is 4.79 Å². The van der Waals surface area contributed by atoms with Crippen LogP contribution in [0.5, 0.6) is 0 Å². The molecule has 12 heteroatoms. The average Bonchev–Trinajstić information content (AvgIpc) is 2.91. The van der Waals surface area contributed by atoms with Gasteiger partial charge in [-0.15, -0.1) is 0 Å². The number of hydrogen-bond acceptors (Lipinski definition) is 9.